The first-order valence-corrected chi connectivity index (χ1v) is 2.93. The molecule has 0 saturated heterocycles. The van der Waals surface area contributed by atoms with E-state index in [2.05, 4.69) is 0 Å². The van der Waals surface area contributed by atoms with Crippen LogP contribution in [0.5, 0.6) is 5.75 Å². The van der Waals surface area contributed by atoms with Crippen LogP contribution >= 0.6 is 12.4 Å². The second-order valence-corrected chi connectivity index (χ2v) is 1.96. The number of rotatable bonds is 1. The Hall–Kier alpha value is -1.09. The molecule has 0 bridgehead atoms. The van der Waals surface area contributed by atoms with Crippen LogP contribution in [0.25, 0.3) is 0 Å². The summed E-state index contributed by atoms with van der Waals surface area (Å²) in [4.78, 5) is 0. The van der Waals surface area contributed by atoms with E-state index in [1.165, 1.54) is 0 Å². The Kier molecular flexibility index (Phi) is 3.54. The van der Waals surface area contributed by atoms with Gasteiger partial charge in [0.1, 0.15) is 5.75 Å². The standard InChI is InChI=1S/C7H10N2O.ClH/c1-10-6-4-2-3-5(8)7(6)9;/h2-4H,8-9H2,1H3;1H. The molecule has 0 saturated carbocycles. The molecule has 0 spiro atoms. The number of benzene rings is 1. The first-order chi connectivity index (χ1) is 4.75. The lowest BCUT2D eigenvalue weighted by Crippen LogP contribution is -1.97. The third-order valence-electron chi connectivity index (χ3n) is 1.32. The SMILES string of the molecule is COc1cccc(N)c1N.Cl. The average molecular weight is 175 g/mol. The van der Waals surface area contributed by atoms with Gasteiger partial charge in [0.15, 0.2) is 0 Å². The number of para-hydroxylation sites is 1. The van der Waals surface area contributed by atoms with E-state index in [1.807, 2.05) is 0 Å². The summed E-state index contributed by atoms with van der Waals surface area (Å²) in [5.41, 5.74) is 12.1. The summed E-state index contributed by atoms with van der Waals surface area (Å²) in [5.74, 6) is 0.625. The predicted octanol–water partition coefficient (Wildman–Crippen LogP) is 1.28. The van der Waals surface area contributed by atoms with Crippen molar-refractivity contribution in [2.75, 3.05) is 18.6 Å². The molecule has 0 aromatic heterocycles. The Morgan fingerprint density at radius 3 is 2.36 bits per heavy atom. The lowest BCUT2D eigenvalue weighted by atomic mass is 10.2. The summed E-state index contributed by atoms with van der Waals surface area (Å²) < 4.78 is 4.92. The molecule has 0 aliphatic carbocycles. The van der Waals surface area contributed by atoms with Gasteiger partial charge in [-0.25, -0.2) is 0 Å². The molecule has 4 N–H and O–H groups in total. The van der Waals surface area contributed by atoms with Crippen molar-refractivity contribution in [3.63, 3.8) is 0 Å². The van der Waals surface area contributed by atoms with Gasteiger partial charge in [-0.15, -0.1) is 12.4 Å². The highest BCUT2D eigenvalue weighted by atomic mass is 35.5. The van der Waals surface area contributed by atoms with Crippen molar-refractivity contribution in [1.82, 2.24) is 0 Å². The van der Waals surface area contributed by atoms with E-state index in [0.29, 0.717) is 17.1 Å². The van der Waals surface area contributed by atoms with Gasteiger partial charge in [0, 0.05) is 0 Å². The molecule has 3 nitrogen and oxygen atoms in total. The number of hydrogen-bond donors (Lipinski definition) is 2. The molecular formula is C7H11ClN2O. The molecule has 1 aromatic carbocycles. The zero-order chi connectivity index (χ0) is 7.56. The van der Waals surface area contributed by atoms with Gasteiger partial charge in [-0.2, -0.15) is 0 Å². The Balaban J connectivity index is 0.000001000. The summed E-state index contributed by atoms with van der Waals surface area (Å²) in [6.45, 7) is 0. The molecule has 1 rings (SSSR count). The van der Waals surface area contributed by atoms with Gasteiger partial charge in [-0.05, 0) is 12.1 Å². The third-order valence-corrected chi connectivity index (χ3v) is 1.32. The highest BCUT2D eigenvalue weighted by Gasteiger charge is 1.99. The fraction of sp³-hybridized carbons (Fsp3) is 0.143. The highest BCUT2D eigenvalue weighted by molar-refractivity contribution is 5.85. The normalized spacial score (nSPS) is 8.45. The van der Waals surface area contributed by atoms with E-state index >= 15 is 0 Å². The van der Waals surface area contributed by atoms with Crippen molar-refractivity contribution in [2.45, 2.75) is 0 Å². The minimum atomic E-state index is 0. The molecule has 11 heavy (non-hydrogen) atoms. The third kappa shape index (κ3) is 1.91. The summed E-state index contributed by atoms with van der Waals surface area (Å²) in [6, 6.07) is 5.30. The summed E-state index contributed by atoms with van der Waals surface area (Å²) in [7, 11) is 1.56. The van der Waals surface area contributed by atoms with Crippen LogP contribution in [0.15, 0.2) is 18.2 Å². The molecule has 1 aromatic rings. The van der Waals surface area contributed by atoms with Crippen LogP contribution in [0, 0.1) is 0 Å². The van der Waals surface area contributed by atoms with Crippen molar-refractivity contribution in [3.05, 3.63) is 18.2 Å². The summed E-state index contributed by atoms with van der Waals surface area (Å²) in [5, 5.41) is 0. The molecule has 0 radical (unpaired) electrons. The summed E-state index contributed by atoms with van der Waals surface area (Å²) in [6.07, 6.45) is 0. The molecule has 0 aliphatic heterocycles. The molecule has 0 heterocycles. The fourth-order valence-electron chi connectivity index (χ4n) is 0.739. The first-order valence-electron chi connectivity index (χ1n) is 2.93. The molecular weight excluding hydrogens is 164 g/mol. The lowest BCUT2D eigenvalue weighted by molar-refractivity contribution is 0.417. The van der Waals surface area contributed by atoms with E-state index in [9.17, 15) is 0 Å². The number of halogens is 1. The van der Waals surface area contributed by atoms with Gasteiger partial charge in [0.25, 0.3) is 0 Å². The van der Waals surface area contributed by atoms with Gasteiger partial charge in [0.2, 0.25) is 0 Å². The molecule has 0 unspecified atom stereocenters. The second kappa shape index (κ2) is 3.93. The number of anilines is 2. The zero-order valence-electron chi connectivity index (χ0n) is 6.20. The van der Waals surface area contributed by atoms with Crippen molar-refractivity contribution in [2.24, 2.45) is 0 Å². The molecule has 0 fully saturated rings. The molecule has 0 aliphatic rings. The quantitative estimate of drug-likeness (QED) is 0.631. The Bertz CT molecular complexity index is 240. The predicted molar refractivity (Wildman–Crippen MR) is 49.1 cm³/mol. The summed E-state index contributed by atoms with van der Waals surface area (Å²) >= 11 is 0. The van der Waals surface area contributed by atoms with E-state index < -0.39 is 0 Å². The van der Waals surface area contributed by atoms with E-state index in [4.69, 9.17) is 16.2 Å². The van der Waals surface area contributed by atoms with Crippen LogP contribution in [0.4, 0.5) is 11.4 Å². The average Bonchev–Trinajstić information content (AvgIpc) is 1.95. The van der Waals surface area contributed by atoms with Gasteiger partial charge >= 0.3 is 0 Å². The van der Waals surface area contributed by atoms with Crippen LogP contribution < -0.4 is 16.2 Å². The fourth-order valence-corrected chi connectivity index (χ4v) is 0.739. The Morgan fingerprint density at radius 1 is 1.27 bits per heavy atom. The molecule has 62 valence electrons. The maximum atomic E-state index is 5.54. The minimum absolute atomic E-state index is 0. The van der Waals surface area contributed by atoms with Gasteiger partial charge in [0.05, 0.1) is 18.5 Å². The smallest absolute Gasteiger partial charge is 0.143 e. The number of nitrogen functional groups attached to an aromatic ring is 2. The minimum Gasteiger partial charge on any atom is -0.495 e. The number of nitrogens with two attached hydrogens (primary N) is 2. The zero-order valence-corrected chi connectivity index (χ0v) is 7.02. The van der Waals surface area contributed by atoms with Crippen LogP contribution in [-0.4, -0.2) is 7.11 Å². The van der Waals surface area contributed by atoms with Crippen molar-refractivity contribution in [3.8, 4) is 5.75 Å². The maximum absolute atomic E-state index is 5.54. The van der Waals surface area contributed by atoms with Crippen molar-refractivity contribution in [1.29, 1.82) is 0 Å². The lowest BCUT2D eigenvalue weighted by Gasteiger charge is -2.04. The van der Waals surface area contributed by atoms with Gasteiger partial charge in [-0.3, -0.25) is 0 Å². The van der Waals surface area contributed by atoms with Crippen LogP contribution in [-0.2, 0) is 0 Å². The molecule has 4 heteroatoms. The molecule has 0 amide bonds. The number of hydrogen-bond acceptors (Lipinski definition) is 3. The van der Waals surface area contributed by atoms with Crippen molar-refractivity contribution >= 4 is 23.8 Å². The second-order valence-electron chi connectivity index (χ2n) is 1.96. The van der Waals surface area contributed by atoms with Crippen molar-refractivity contribution < 1.29 is 4.74 Å². The monoisotopic (exact) mass is 174 g/mol. The van der Waals surface area contributed by atoms with E-state index in [-0.39, 0.29) is 12.4 Å². The van der Waals surface area contributed by atoms with Crippen LogP contribution in [0.3, 0.4) is 0 Å². The Morgan fingerprint density at radius 2 is 1.91 bits per heavy atom. The number of methoxy groups -OCH3 is 1. The van der Waals surface area contributed by atoms with E-state index in [1.54, 1.807) is 25.3 Å². The van der Waals surface area contributed by atoms with E-state index in [0.717, 1.165) is 0 Å². The van der Waals surface area contributed by atoms with Gasteiger partial charge < -0.3 is 16.2 Å². The largest absolute Gasteiger partial charge is 0.495 e. The van der Waals surface area contributed by atoms with Crippen LogP contribution in [0.2, 0.25) is 0 Å². The number of ether oxygens (including phenoxy) is 1. The topological polar surface area (TPSA) is 61.3 Å². The van der Waals surface area contributed by atoms with Gasteiger partial charge in [-0.1, -0.05) is 6.07 Å². The molecule has 0 atom stereocenters. The maximum Gasteiger partial charge on any atom is 0.143 e. The highest BCUT2D eigenvalue weighted by Crippen LogP contribution is 2.25. The first kappa shape index (κ1) is 9.91. The Labute approximate surface area is 71.7 Å². The van der Waals surface area contributed by atoms with Crippen LogP contribution in [0.1, 0.15) is 0 Å².